The molecule has 1 aliphatic rings. The van der Waals surface area contributed by atoms with Crippen molar-refractivity contribution in [3.63, 3.8) is 0 Å². The van der Waals surface area contributed by atoms with Crippen LogP contribution in [0.4, 0.5) is 11.9 Å². The molecule has 6 rings (SSSR count). The van der Waals surface area contributed by atoms with E-state index in [1.807, 2.05) is 65.7 Å². The number of hydrogen-bond acceptors (Lipinski definition) is 12. The van der Waals surface area contributed by atoms with Gasteiger partial charge in [-0.15, -0.1) is 0 Å². The van der Waals surface area contributed by atoms with Crippen LogP contribution in [0.25, 0.3) is 0 Å². The Labute approximate surface area is 343 Å². The minimum atomic E-state index is -0.206. The molecule has 0 saturated heterocycles. The number of rotatable bonds is 7. The lowest BCUT2D eigenvalue weighted by Crippen LogP contribution is -2.23. The number of aromatic nitrogens is 10. The summed E-state index contributed by atoms with van der Waals surface area (Å²) >= 11 is 0. The highest BCUT2D eigenvalue weighted by atomic mass is 16.1. The molecule has 0 aliphatic heterocycles. The molecule has 5 aromatic heterocycles. The van der Waals surface area contributed by atoms with Gasteiger partial charge in [0.2, 0.25) is 11.9 Å². The van der Waals surface area contributed by atoms with Crippen molar-refractivity contribution in [2.45, 2.75) is 124 Å². The van der Waals surface area contributed by atoms with Crippen LogP contribution in [0.2, 0.25) is 0 Å². The molecule has 1 fully saturated rings. The van der Waals surface area contributed by atoms with Crippen LogP contribution in [0, 0.1) is 0 Å². The molecule has 2 N–H and O–H groups in total. The average Bonchev–Trinajstić information content (AvgIpc) is 3.99. The predicted octanol–water partition coefficient (Wildman–Crippen LogP) is 6.70. The first-order chi connectivity index (χ1) is 27.1. The van der Waals surface area contributed by atoms with E-state index in [9.17, 15) is 14.4 Å². The quantitative estimate of drug-likeness (QED) is 0.178. The molecule has 0 atom stereocenters. The Kier molecular flexibility index (Phi) is 19.2. The first-order valence-corrected chi connectivity index (χ1v) is 19.8. The lowest BCUT2D eigenvalue weighted by molar-refractivity contribution is 0.574. The number of hydrogen-bond donors (Lipinski definition) is 2. The van der Waals surface area contributed by atoms with E-state index < -0.39 is 0 Å². The van der Waals surface area contributed by atoms with E-state index in [2.05, 4.69) is 94.2 Å². The molecular formula is C43H66N12O3. The van der Waals surface area contributed by atoms with Crippen LogP contribution < -0.4 is 27.4 Å². The molecule has 1 saturated carbocycles. The molecule has 0 spiro atoms. The van der Waals surface area contributed by atoms with E-state index in [-0.39, 0.29) is 22.2 Å². The van der Waals surface area contributed by atoms with Gasteiger partial charge in [-0.25, -0.2) is 39.1 Å². The van der Waals surface area contributed by atoms with Crippen molar-refractivity contribution in [2.24, 2.45) is 21.1 Å². The molecule has 58 heavy (non-hydrogen) atoms. The summed E-state index contributed by atoms with van der Waals surface area (Å²) in [6.07, 6.45) is 15.2. The summed E-state index contributed by atoms with van der Waals surface area (Å²) in [6.45, 7) is 23.0. The van der Waals surface area contributed by atoms with Gasteiger partial charge in [0.25, 0.3) is 11.1 Å². The van der Waals surface area contributed by atoms with E-state index in [0.29, 0.717) is 35.7 Å². The zero-order chi connectivity index (χ0) is 43.7. The molecule has 0 amide bonds. The van der Waals surface area contributed by atoms with E-state index in [1.54, 1.807) is 51.7 Å². The maximum absolute atomic E-state index is 11.0. The molecule has 0 unspecified atom stereocenters. The van der Waals surface area contributed by atoms with Crippen molar-refractivity contribution in [3.8, 4) is 0 Å². The second-order valence-electron chi connectivity index (χ2n) is 16.4. The van der Waals surface area contributed by atoms with Gasteiger partial charge in [-0.05, 0) is 70.2 Å². The molecule has 0 bridgehead atoms. The smallest absolute Gasteiger partial charge is 0.347 e. The highest BCUT2D eigenvalue weighted by molar-refractivity contribution is 5.29. The van der Waals surface area contributed by atoms with Crippen LogP contribution in [0.1, 0.15) is 141 Å². The minimum absolute atomic E-state index is 0.0452. The maximum atomic E-state index is 11.0. The number of anilines is 2. The fourth-order valence-corrected chi connectivity index (χ4v) is 4.41. The second kappa shape index (κ2) is 23.0. The molecule has 1 aliphatic carbocycles. The summed E-state index contributed by atoms with van der Waals surface area (Å²) in [6, 6.07) is 5.57. The Morgan fingerprint density at radius 2 is 1.16 bits per heavy atom. The van der Waals surface area contributed by atoms with E-state index >= 15 is 0 Å². The molecule has 15 nitrogen and oxygen atoms in total. The third-order valence-corrected chi connectivity index (χ3v) is 8.85. The van der Waals surface area contributed by atoms with Crippen molar-refractivity contribution in [2.75, 3.05) is 17.7 Å². The van der Waals surface area contributed by atoms with Crippen molar-refractivity contribution in [3.05, 3.63) is 121 Å². The zero-order valence-corrected chi connectivity index (χ0v) is 37.3. The second-order valence-corrected chi connectivity index (χ2v) is 16.4. The summed E-state index contributed by atoms with van der Waals surface area (Å²) in [5.74, 6) is 3.20. The topological polar surface area (TPSA) is 180 Å². The monoisotopic (exact) mass is 799 g/mol. The molecule has 0 aromatic carbocycles. The van der Waals surface area contributed by atoms with Crippen molar-refractivity contribution < 1.29 is 0 Å². The van der Waals surface area contributed by atoms with Crippen LogP contribution in [0.3, 0.4) is 0 Å². The van der Waals surface area contributed by atoms with E-state index in [1.165, 1.54) is 37.9 Å². The van der Waals surface area contributed by atoms with Gasteiger partial charge in [-0.1, -0.05) is 76.2 Å². The third-order valence-electron chi connectivity index (χ3n) is 8.85. The van der Waals surface area contributed by atoms with E-state index in [4.69, 9.17) is 0 Å². The van der Waals surface area contributed by atoms with Gasteiger partial charge in [-0.2, -0.15) is 10.2 Å². The normalized spacial score (nSPS) is 12.0. The fraction of sp³-hybridized carbons (Fsp3) is 0.535. The van der Waals surface area contributed by atoms with Gasteiger partial charge in [0, 0.05) is 83.5 Å². The lowest BCUT2D eigenvalue weighted by Gasteiger charge is -2.18. The van der Waals surface area contributed by atoms with Gasteiger partial charge in [-0.3, -0.25) is 9.59 Å². The van der Waals surface area contributed by atoms with Crippen LogP contribution >= 0.6 is 0 Å². The van der Waals surface area contributed by atoms with Gasteiger partial charge in [0.15, 0.2) is 0 Å². The molecule has 316 valence electrons. The molecular weight excluding hydrogens is 733 g/mol. The Morgan fingerprint density at radius 3 is 1.55 bits per heavy atom. The van der Waals surface area contributed by atoms with Crippen LogP contribution in [-0.4, -0.2) is 62.1 Å². The molecule has 0 radical (unpaired) electrons. The summed E-state index contributed by atoms with van der Waals surface area (Å²) < 4.78 is 4.18. The lowest BCUT2D eigenvalue weighted by atomic mass is 9.89. The summed E-state index contributed by atoms with van der Waals surface area (Å²) in [4.78, 5) is 53.3. The maximum Gasteiger partial charge on any atom is 0.347 e. The summed E-state index contributed by atoms with van der Waals surface area (Å²) in [5.41, 5.74) is 5.13. The Bertz CT molecular complexity index is 2140. The van der Waals surface area contributed by atoms with Crippen molar-refractivity contribution >= 4 is 11.9 Å². The predicted molar refractivity (Wildman–Crippen MR) is 234 cm³/mol. The Balaban J connectivity index is 0.000000251. The van der Waals surface area contributed by atoms with Gasteiger partial charge in [0.05, 0.1) is 11.9 Å². The standard InChI is InChI=1S/C10H15N3.C9H14N2O.C8H13N3.2C8H12N2O/c1-7(2)8-5-11-10(12-6-8)13-9-3-4-9;1-9(2,3)7-5-10-8(12)11(4)6-7;1-6(2)7-4-10-8(9-3)11-5-7;1-6(2)7-4-8(11)10(3)9-5-7;1-6(2)7-4-5-8(11)10(3)9-7/h5-7,9H,3-4H2,1-2H3,(H,11,12,13);5-6H,1-4H3;4-6H,1-3H3,(H,9,10,11);2*4-6H,1-3H3. The summed E-state index contributed by atoms with van der Waals surface area (Å²) in [7, 11) is 6.83. The number of nitrogens with one attached hydrogen (secondary N) is 2. The largest absolute Gasteiger partial charge is 0.357 e. The highest BCUT2D eigenvalue weighted by Gasteiger charge is 2.21. The molecule has 15 heteroatoms. The molecule has 5 aromatic rings. The number of aryl methyl sites for hydroxylation is 3. The molecule has 5 heterocycles. The van der Waals surface area contributed by atoms with Gasteiger partial charge < -0.3 is 15.2 Å². The van der Waals surface area contributed by atoms with Crippen LogP contribution in [0.15, 0.2) is 76.0 Å². The zero-order valence-electron chi connectivity index (χ0n) is 37.3. The number of nitrogens with zero attached hydrogens (tertiary/aromatic N) is 10. The van der Waals surface area contributed by atoms with Crippen molar-refractivity contribution in [1.82, 2.24) is 49.0 Å². The van der Waals surface area contributed by atoms with Gasteiger partial charge >= 0.3 is 5.69 Å². The first-order valence-electron chi connectivity index (χ1n) is 19.8. The Morgan fingerprint density at radius 1 is 0.638 bits per heavy atom. The van der Waals surface area contributed by atoms with Crippen molar-refractivity contribution in [1.29, 1.82) is 0 Å². The van der Waals surface area contributed by atoms with Crippen LogP contribution in [0.5, 0.6) is 0 Å². The Hall–Kier alpha value is -5.60. The highest BCUT2D eigenvalue weighted by Crippen LogP contribution is 2.23. The SMILES string of the molecule is CC(C)c1ccc(=O)n(C)n1.CC(C)c1cnc(NC2CC2)nc1.CC(C)c1cnn(C)c(=O)c1.CNc1ncc(C(C)C)cn1.Cn1cc(C(C)(C)C)cnc1=O. The first kappa shape index (κ1) is 48.5. The van der Waals surface area contributed by atoms with Crippen LogP contribution in [-0.2, 0) is 26.6 Å². The minimum Gasteiger partial charge on any atom is -0.357 e. The fourth-order valence-electron chi connectivity index (χ4n) is 4.41. The van der Waals surface area contributed by atoms with E-state index in [0.717, 1.165) is 22.8 Å². The average molecular weight is 799 g/mol. The van der Waals surface area contributed by atoms with Gasteiger partial charge in [0.1, 0.15) is 0 Å². The summed E-state index contributed by atoms with van der Waals surface area (Å²) in [5, 5.41) is 14.1. The third kappa shape index (κ3) is 17.3.